The number of ether oxygens (including phenoxy) is 2. The number of aromatic nitrogens is 4. The summed E-state index contributed by atoms with van der Waals surface area (Å²) < 4.78 is 13.4. The number of rotatable bonds is 5. The van der Waals surface area contributed by atoms with Gasteiger partial charge in [-0.05, 0) is 24.3 Å². The molecular formula is C19H21N5O5. The number of Topliss-reactive ketones (excluding diaryl/α,β-unsaturated/α-hetero) is 1. The molecule has 0 radical (unpaired) electrons. The van der Waals surface area contributed by atoms with Crippen molar-refractivity contribution in [3.8, 4) is 5.75 Å². The number of methoxy groups -OCH3 is 1. The number of hydrogen-bond acceptors (Lipinski definition) is 7. The highest BCUT2D eigenvalue weighted by molar-refractivity contribution is 5.97. The lowest BCUT2D eigenvalue weighted by Gasteiger charge is -2.28. The third-order valence-corrected chi connectivity index (χ3v) is 4.99. The highest BCUT2D eigenvalue weighted by Crippen LogP contribution is 2.22. The summed E-state index contributed by atoms with van der Waals surface area (Å²) in [6.07, 6.45) is 0. The largest absolute Gasteiger partial charge is 0.497 e. The van der Waals surface area contributed by atoms with Crippen LogP contribution in [0.1, 0.15) is 10.4 Å². The van der Waals surface area contributed by atoms with Gasteiger partial charge in [-0.25, -0.2) is 4.79 Å². The standard InChI is InChI=1S/C19H21N5O5/c1-22-16-15(17(26)21-19(22)27)24(18(20-16)23-7-9-29-10-8-23)11-14(25)12-3-5-13(28-2)6-4-12/h3-6H,7-11H2,1-2H3,(H,21,26,27). The van der Waals surface area contributed by atoms with Gasteiger partial charge < -0.3 is 14.4 Å². The number of aryl methyl sites for hydroxylation is 1. The van der Waals surface area contributed by atoms with Crippen molar-refractivity contribution in [3.05, 3.63) is 50.7 Å². The van der Waals surface area contributed by atoms with E-state index in [2.05, 4.69) is 9.97 Å². The van der Waals surface area contributed by atoms with Crippen molar-refractivity contribution < 1.29 is 14.3 Å². The Morgan fingerprint density at radius 2 is 1.90 bits per heavy atom. The molecule has 10 heteroatoms. The van der Waals surface area contributed by atoms with Crippen molar-refractivity contribution in [1.29, 1.82) is 0 Å². The first-order valence-corrected chi connectivity index (χ1v) is 9.19. The highest BCUT2D eigenvalue weighted by Gasteiger charge is 2.24. The first-order valence-electron chi connectivity index (χ1n) is 9.19. The molecule has 0 bridgehead atoms. The lowest BCUT2D eigenvalue weighted by Crippen LogP contribution is -2.38. The van der Waals surface area contributed by atoms with Gasteiger partial charge in [0.05, 0.1) is 26.9 Å². The maximum absolute atomic E-state index is 12.9. The molecule has 0 aliphatic carbocycles. The molecule has 1 saturated heterocycles. The number of carbonyl (C=O) groups is 1. The van der Waals surface area contributed by atoms with E-state index in [0.717, 1.165) is 0 Å². The molecule has 2 aromatic heterocycles. The number of nitrogens with zero attached hydrogens (tertiary/aromatic N) is 4. The number of morpholine rings is 1. The Hall–Kier alpha value is -3.40. The summed E-state index contributed by atoms with van der Waals surface area (Å²) in [6, 6.07) is 6.76. The van der Waals surface area contributed by atoms with Gasteiger partial charge >= 0.3 is 5.69 Å². The smallest absolute Gasteiger partial charge is 0.329 e. The van der Waals surface area contributed by atoms with Gasteiger partial charge in [0.2, 0.25) is 5.95 Å². The number of nitrogens with one attached hydrogen (secondary N) is 1. The summed E-state index contributed by atoms with van der Waals surface area (Å²) in [7, 11) is 3.09. The van der Waals surface area contributed by atoms with Crippen molar-refractivity contribution in [1.82, 2.24) is 19.1 Å². The molecule has 1 aliphatic rings. The normalized spacial score (nSPS) is 14.3. The zero-order chi connectivity index (χ0) is 20.5. The van der Waals surface area contributed by atoms with E-state index in [1.54, 1.807) is 35.9 Å². The maximum atomic E-state index is 12.9. The van der Waals surface area contributed by atoms with Crippen molar-refractivity contribution in [2.45, 2.75) is 6.54 Å². The summed E-state index contributed by atoms with van der Waals surface area (Å²) in [5, 5.41) is 0. The molecule has 4 rings (SSSR count). The molecule has 0 unspecified atom stereocenters. The van der Waals surface area contributed by atoms with Crippen molar-refractivity contribution >= 4 is 22.9 Å². The second-order valence-corrected chi connectivity index (χ2v) is 6.74. The van der Waals surface area contributed by atoms with Crippen LogP contribution in [-0.4, -0.2) is 58.3 Å². The number of H-pyrrole nitrogens is 1. The third-order valence-electron chi connectivity index (χ3n) is 4.99. The Labute approximate surface area is 165 Å². The van der Waals surface area contributed by atoms with Gasteiger partial charge in [-0.2, -0.15) is 4.98 Å². The molecule has 0 saturated carbocycles. The summed E-state index contributed by atoms with van der Waals surface area (Å²) in [4.78, 5) is 46.3. The van der Waals surface area contributed by atoms with Gasteiger partial charge in [0, 0.05) is 25.7 Å². The Morgan fingerprint density at radius 1 is 1.21 bits per heavy atom. The molecule has 0 spiro atoms. The van der Waals surface area contributed by atoms with Gasteiger partial charge in [-0.15, -0.1) is 0 Å². The van der Waals surface area contributed by atoms with E-state index in [-0.39, 0.29) is 23.5 Å². The van der Waals surface area contributed by atoms with Gasteiger partial charge in [0.25, 0.3) is 5.56 Å². The van der Waals surface area contributed by atoms with Crippen LogP contribution in [0.25, 0.3) is 11.2 Å². The Bertz CT molecular complexity index is 1170. The van der Waals surface area contributed by atoms with Crippen LogP contribution in [0, 0.1) is 0 Å². The number of carbonyl (C=O) groups excluding carboxylic acids is 1. The number of ketones is 1. The van der Waals surface area contributed by atoms with Crippen LogP contribution in [0.3, 0.4) is 0 Å². The SMILES string of the molecule is COc1ccc(C(=O)Cn2c(N3CCOCC3)nc3c2c(=O)[nH]c(=O)n3C)cc1. The van der Waals surface area contributed by atoms with Crippen LogP contribution in [-0.2, 0) is 18.3 Å². The number of benzene rings is 1. The molecule has 3 heterocycles. The first kappa shape index (κ1) is 18.9. The fourth-order valence-electron chi connectivity index (χ4n) is 3.39. The molecule has 3 aromatic rings. The number of imidazole rings is 1. The summed E-state index contributed by atoms with van der Waals surface area (Å²) in [5.41, 5.74) is -0.208. The Balaban J connectivity index is 1.82. The minimum Gasteiger partial charge on any atom is -0.497 e. The molecule has 0 atom stereocenters. The van der Waals surface area contributed by atoms with E-state index in [0.29, 0.717) is 43.6 Å². The van der Waals surface area contributed by atoms with Crippen LogP contribution >= 0.6 is 0 Å². The fourth-order valence-corrected chi connectivity index (χ4v) is 3.39. The second kappa shape index (κ2) is 7.55. The number of fused-ring (bicyclic) bond motifs is 1. The van der Waals surface area contributed by atoms with Crippen LogP contribution in [0.5, 0.6) is 5.75 Å². The molecule has 29 heavy (non-hydrogen) atoms. The van der Waals surface area contributed by atoms with Crippen molar-refractivity contribution in [2.24, 2.45) is 7.05 Å². The molecule has 1 aliphatic heterocycles. The molecular weight excluding hydrogens is 378 g/mol. The molecule has 1 aromatic carbocycles. The average molecular weight is 399 g/mol. The Morgan fingerprint density at radius 3 is 2.55 bits per heavy atom. The first-order chi connectivity index (χ1) is 14.0. The summed E-state index contributed by atoms with van der Waals surface area (Å²) in [6.45, 7) is 2.10. The predicted molar refractivity (Wildman–Crippen MR) is 106 cm³/mol. The van der Waals surface area contributed by atoms with Crippen molar-refractivity contribution in [2.75, 3.05) is 38.3 Å². The lowest BCUT2D eigenvalue weighted by molar-refractivity contribution is 0.0972. The topological polar surface area (TPSA) is 111 Å². The molecule has 1 fully saturated rings. The zero-order valence-electron chi connectivity index (χ0n) is 16.2. The van der Waals surface area contributed by atoms with Crippen molar-refractivity contribution in [3.63, 3.8) is 0 Å². The van der Waals surface area contributed by atoms with Crippen LogP contribution < -0.4 is 20.9 Å². The number of anilines is 1. The highest BCUT2D eigenvalue weighted by atomic mass is 16.5. The third kappa shape index (κ3) is 3.42. The molecule has 0 amide bonds. The summed E-state index contributed by atoms with van der Waals surface area (Å²) >= 11 is 0. The zero-order valence-corrected chi connectivity index (χ0v) is 16.2. The van der Waals surface area contributed by atoms with E-state index in [1.165, 1.54) is 11.6 Å². The maximum Gasteiger partial charge on any atom is 0.329 e. The molecule has 10 nitrogen and oxygen atoms in total. The molecule has 1 N–H and O–H groups in total. The van der Waals surface area contributed by atoms with Crippen LogP contribution in [0.4, 0.5) is 5.95 Å². The average Bonchev–Trinajstić information content (AvgIpc) is 3.12. The number of aromatic amines is 1. The van der Waals surface area contributed by atoms with E-state index in [4.69, 9.17) is 9.47 Å². The van der Waals surface area contributed by atoms with E-state index >= 15 is 0 Å². The monoisotopic (exact) mass is 399 g/mol. The quantitative estimate of drug-likeness (QED) is 0.608. The predicted octanol–water partition coefficient (Wildman–Crippen LogP) is 0.151. The summed E-state index contributed by atoms with van der Waals surface area (Å²) in [5.74, 6) is 0.932. The van der Waals surface area contributed by atoms with E-state index in [1.807, 2.05) is 4.90 Å². The van der Waals surface area contributed by atoms with E-state index < -0.39 is 11.2 Å². The minimum atomic E-state index is -0.572. The van der Waals surface area contributed by atoms with Crippen LogP contribution in [0.2, 0.25) is 0 Å². The fraction of sp³-hybridized carbons (Fsp3) is 0.368. The van der Waals surface area contributed by atoms with Gasteiger partial charge in [-0.1, -0.05) is 0 Å². The number of hydrogen-bond donors (Lipinski definition) is 1. The second-order valence-electron chi connectivity index (χ2n) is 6.74. The van der Waals surface area contributed by atoms with E-state index in [9.17, 15) is 14.4 Å². The van der Waals surface area contributed by atoms with Crippen LogP contribution in [0.15, 0.2) is 33.9 Å². The minimum absolute atomic E-state index is 0.0865. The van der Waals surface area contributed by atoms with Gasteiger partial charge in [0.15, 0.2) is 16.9 Å². The van der Waals surface area contributed by atoms with Gasteiger partial charge in [-0.3, -0.25) is 23.7 Å². The Kier molecular flexibility index (Phi) is 4.93. The lowest BCUT2D eigenvalue weighted by atomic mass is 10.1. The van der Waals surface area contributed by atoms with Gasteiger partial charge in [0.1, 0.15) is 5.75 Å². The molecule has 152 valence electrons.